The molecule has 0 amide bonds. The van der Waals surface area contributed by atoms with E-state index >= 15 is 0 Å². The molecule has 1 aliphatic heterocycles. The number of nitrogens with zero attached hydrogens (tertiary/aromatic N) is 3. The first kappa shape index (κ1) is 60.7. The summed E-state index contributed by atoms with van der Waals surface area (Å²) in [7, 11) is 3.11. The van der Waals surface area contributed by atoms with Crippen molar-refractivity contribution in [3.63, 3.8) is 0 Å². The molecule has 0 bridgehead atoms. The first-order valence-corrected chi connectivity index (χ1v) is 40.9. The van der Waals surface area contributed by atoms with Gasteiger partial charge in [0.15, 0.2) is 7.38 Å². The Kier molecular flexibility index (Phi) is 15.9. The molecular weight excluding hydrogens is 1130 g/mol. The van der Waals surface area contributed by atoms with E-state index in [-0.39, 0.29) is 18.9 Å². The molecule has 4 fully saturated rings. The first-order chi connectivity index (χ1) is 42.5. The van der Waals surface area contributed by atoms with Crippen LogP contribution in [0, 0.1) is 51.4 Å². The summed E-state index contributed by atoms with van der Waals surface area (Å²) in [5, 5.41) is 2.78. The van der Waals surface area contributed by atoms with Crippen LogP contribution in [0.5, 0.6) is 0 Å². The maximum Gasteiger partial charge on any atom is 1.00 e. The van der Waals surface area contributed by atoms with Gasteiger partial charge in [-0.25, -0.2) is 0 Å². The van der Waals surface area contributed by atoms with E-state index in [0.29, 0.717) is 16.6 Å². The van der Waals surface area contributed by atoms with Crippen LogP contribution in [0.15, 0.2) is 170 Å². The SMILES string of the molecule is CN1C2CCCCC2C2C3CCCCC3CC21.Cc1ccc2c(c1)C([Si](C)(C)C1c3ccccc3-c3c1n(C)c1ccccc31)c1cc(C)ccc1-2.Cc1ccc2c(c1)C([Si](C)(C)Cl)c1cc(C)ccc1-2.Cn1c2c(c3ccccc31)-c1ccccc1C2.[Li+]. The third kappa shape index (κ3) is 9.95. The quantitative estimate of drug-likeness (QED) is 0.127. The van der Waals surface area contributed by atoms with Gasteiger partial charge in [-0.1, -0.05) is 238 Å². The van der Waals surface area contributed by atoms with Crippen LogP contribution in [0.2, 0.25) is 26.2 Å². The minimum absolute atomic E-state index is 0. The standard InChI is InChI=1S/C33H31NSi.C17H19ClSi.C16H27N.C16H13N.Li/c1-20-14-16-22-23-17-15-21(2)19-28(23)32(27(22)18-20)35(4,5)33-25-11-7-6-10-24(25)30-26-12-8-9-13-29(26)34(3)31(30)33;1-11-5-7-13-14-8-6-12(2)10-16(14)17(15(13)9-11)19(3,4)18;2*1-17-14-9-5-4-8-13(14)16-12-7-3-2-6-11(12)10-15(16)17;/h6-19,32-33H,1-5H3;5-10,17H,1-4H3;11-16H,2-10H2,1H3;2-9H,10H2,1H3;/q;;;;+1. The van der Waals surface area contributed by atoms with Crippen molar-refractivity contribution in [3.8, 4) is 44.5 Å². The minimum Gasteiger partial charge on any atom is -0.347 e. The molecular formula is C82H90ClLiN3Si2+. The number of benzene rings is 8. The summed E-state index contributed by atoms with van der Waals surface area (Å²) in [5.41, 5.74) is 32.7. The van der Waals surface area contributed by atoms with E-state index in [1.807, 2.05) is 0 Å². The van der Waals surface area contributed by atoms with Crippen molar-refractivity contribution in [1.29, 1.82) is 0 Å². The van der Waals surface area contributed by atoms with E-state index in [1.165, 1.54) is 154 Å². The second kappa shape index (κ2) is 23.4. The maximum atomic E-state index is 6.84. The number of aryl methyl sites for hydroxylation is 6. The number of para-hydroxylation sites is 2. The third-order valence-electron chi connectivity index (χ3n) is 23.4. The average Bonchev–Trinajstić information content (AvgIpc) is 1.55. The summed E-state index contributed by atoms with van der Waals surface area (Å²) in [4.78, 5) is 2.83. The molecule has 1 saturated heterocycles. The van der Waals surface area contributed by atoms with E-state index in [9.17, 15) is 0 Å². The largest absolute Gasteiger partial charge is 1.00 e. The molecule has 3 saturated carbocycles. The fourth-order valence-electron chi connectivity index (χ4n) is 19.8. The number of hydrogen-bond donors (Lipinski definition) is 0. The Labute approximate surface area is 550 Å². The Morgan fingerprint density at radius 3 is 1.48 bits per heavy atom. The van der Waals surface area contributed by atoms with Crippen LogP contribution < -0.4 is 18.9 Å². The van der Waals surface area contributed by atoms with Gasteiger partial charge in [0.25, 0.3) is 0 Å². The van der Waals surface area contributed by atoms with Crippen molar-refractivity contribution >= 4 is 48.3 Å². The van der Waals surface area contributed by atoms with Gasteiger partial charge in [-0.05, 0) is 163 Å². The van der Waals surface area contributed by atoms with Gasteiger partial charge in [0, 0.05) is 93.5 Å². The molecule has 448 valence electrons. The van der Waals surface area contributed by atoms with E-state index in [2.05, 4.69) is 259 Å². The van der Waals surface area contributed by atoms with Crippen molar-refractivity contribution in [1.82, 2.24) is 14.0 Å². The second-order valence-electron chi connectivity index (χ2n) is 29.5. The van der Waals surface area contributed by atoms with Crippen molar-refractivity contribution in [2.45, 2.75) is 147 Å². The minimum atomic E-state index is -2.00. The van der Waals surface area contributed by atoms with Crippen molar-refractivity contribution in [3.05, 3.63) is 237 Å². The Bertz CT molecular complexity index is 4280. The molecule has 0 spiro atoms. The Balaban J connectivity index is 0.000000110. The van der Waals surface area contributed by atoms with Crippen LogP contribution in [0.1, 0.15) is 141 Å². The molecule has 18 rings (SSSR count). The molecule has 2 aromatic heterocycles. The molecule has 3 heterocycles. The van der Waals surface area contributed by atoms with Crippen LogP contribution in [0.4, 0.5) is 0 Å². The topological polar surface area (TPSA) is 13.1 Å². The predicted molar refractivity (Wildman–Crippen MR) is 379 cm³/mol. The molecule has 0 N–H and O–H groups in total. The van der Waals surface area contributed by atoms with Crippen molar-refractivity contribution in [2.75, 3.05) is 7.05 Å². The second-order valence-corrected chi connectivity index (χ2v) is 40.9. The number of halogens is 1. The van der Waals surface area contributed by atoms with Gasteiger partial charge in [0.1, 0.15) is 0 Å². The number of rotatable bonds is 3. The number of aromatic nitrogens is 2. The van der Waals surface area contributed by atoms with E-state index in [0.717, 1.165) is 42.2 Å². The van der Waals surface area contributed by atoms with E-state index in [1.54, 1.807) is 36.8 Å². The number of hydrogen-bond acceptors (Lipinski definition) is 1. The van der Waals surface area contributed by atoms with Gasteiger partial charge >= 0.3 is 18.9 Å². The van der Waals surface area contributed by atoms with Gasteiger partial charge in [0.2, 0.25) is 0 Å². The van der Waals surface area contributed by atoms with E-state index in [4.69, 9.17) is 11.1 Å². The number of fused-ring (bicyclic) bond motifs is 21. The summed E-state index contributed by atoms with van der Waals surface area (Å²) in [6.07, 6.45) is 14.9. The summed E-state index contributed by atoms with van der Waals surface area (Å²) in [6, 6.07) is 65.4. The first-order valence-electron chi connectivity index (χ1n) is 33.6. The zero-order valence-electron chi connectivity index (χ0n) is 55.2. The Morgan fingerprint density at radius 1 is 0.427 bits per heavy atom. The van der Waals surface area contributed by atoms with Gasteiger partial charge in [-0.3, -0.25) is 4.90 Å². The average molecular weight is 1220 g/mol. The predicted octanol–water partition coefficient (Wildman–Crippen LogP) is 18.3. The maximum absolute atomic E-state index is 6.84. The zero-order valence-corrected chi connectivity index (χ0v) is 57.9. The monoisotopic (exact) mass is 1210 g/mol. The van der Waals surface area contributed by atoms with Crippen LogP contribution in [-0.2, 0) is 20.5 Å². The fraction of sp³-hybridized carbons (Fsp3) is 0.366. The normalized spacial score (nSPS) is 22.3. The molecule has 7 heteroatoms. The van der Waals surface area contributed by atoms with Crippen molar-refractivity contribution in [2.24, 2.45) is 37.8 Å². The summed E-state index contributed by atoms with van der Waals surface area (Å²) >= 11 is 6.84. The van der Waals surface area contributed by atoms with Crippen LogP contribution in [-0.4, -0.2) is 48.6 Å². The molecule has 7 unspecified atom stereocenters. The Morgan fingerprint density at radius 2 is 0.899 bits per heavy atom. The molecule has 8 aromatic carbocycles. The summed E-state index contributed by atoms with van der Waals surface area (Å²) in [6.45, 7) is 18.6. The van der Waals surface area contributed by atoms with Gasteiger partial charge in [0.05, 0.1) is 8.07 Å². The molecule has 7 aliphatic carbocycles. The third-order valence-corrected chi connectivity index (χ3v) is 30.3. The van der Waals surface area contributed by atoms with Crippen LogP contribution in [0.25, 0.3) is 66.3 Å². The van der Waals surface area contributed by atoms with Gasteiger partial charge in [-0.2, -0.15) is 11.1 Å². The van der Waals surface area contributed by atoms with Gasteiger partial charge < -0.3 is 9.13 Å². The fourth-order valence-corrected chi connectivity index (χ4v) is 27.0. The van der Waals surface area contributed by atoms with Crippen LogP contribution in [0.3, 0.4) is 0 Å². The summed E-state index contributed by atoms with van der Waals surface area (Å²) < 4.78 is 4.85. The molecule has 10 aromatic rings. The molecule has 7 atom stereocenters. The Hall–Kier alpha value is -5.88. The smallest absolute Gasteiger partial charge is 0.347 e. The molecule has 8 aliphatic rings. The molecule has 0 radical (unpaired) electrons. The zero-order chi connectivity index (χ0) is 60.7. The molecule has 3 nitrogen and oxygen atoms in total. The van der Waals surface area contributed by atoms with Crippen molar-refractivity contribution < 1.29 is 18.9 Å². The molecule has 89 heavy (non-hydrogen) atoms. The van der Waals surface area contributed by atoms with E-state index < -0.39 is 15.5 Å². The van der Waals surface area contributed by atoms with Gasteiger partial charge in [-0.15, -0.1) is 0 Å². The number of likely N-dealkylation sites (tertiary alicyclic amines) is 1. The van der Waals surface area contributed by atoms with Crippen LogP contribution >= 0.6 is 11.1 Å². The summed E-state index contributed by atoms with van der Waals surface area (Å²) in [5.74, 6) is 4.44.